The molecule has 0 fully saturated rings. The number of anilines is 1. The molecule has 0 bridgehead atoms. The van der Waals surface area contributed by atoms with Gasteiger partial charge in [0.15, 0.2) is 0 Å². The summed E-state index contributed by atoms with van der Waals surface area (Å²) in [6.07, 6.45) is 1.82. The first-order valence-corrected chi connectivity index (χ1v) is 8.46. The fourth-order valence-corrected chi connectivity index (χ4v) is 3.05. The topological polar surface area (TPSA) is 42.7 Å². The van der Waals surface area contributed by atoms with Crippen molar-refractivity contribution in [3.63, 3.8) is 0 Å². The zero-order valence-corrected chi connectivity index (χ0v) is 14.5. The first-order chi connectivity index (χ1) is 12.2. The Kier molecular flexibility index (Phi) is 4.12. The highest BCUT2D eigenvalue weighted by Crippen LogP contribution is 2.26. The second kappa shape index (κ2) is 6.57. The summed E-state index contributed by atoms with van der Waals surface area (Å²) in [5.74, 6) is 0.828. The highest BCUT2D eigenvalue weighted by atomic mass is 35.5. The Morgan fingerprint density at radius 1 is 1.04 bits per heavy atom. The minimum absolute atomic E-state index is 0.719. The second-order valence-electron chi connectivity index (χ2n) is 5.82. The van der Waals surface area contributed by atoms with Gasteiger partial charge in [-0.15, -0.1) is 0 Å². The molecule has 0 spiro atoms. The SMILES string of the molecule is CNc1nc2cnc(-c3ccc(Cl)cc3)cc2n1Cc1ccccc1. The molecule has 4 nitrogen and oxygen atoms in total. The fraction of sp³-hybridized carbons (Fsp3) is 0.100. The van der Waals surface area contributed by atoms with Gasteiger partial charge in [0.1, 0.15) is 5.52 Å². The number of nitrogens with zero attached hydrogens (tertiary/aromatic N) is 3. The third kappa shape index (κ3) is 3.08. The van der Waals surface area contributed by atoms with E-state index >= 15 is 0 Å². The van der Waals surface area contributed by atoms with E-state index in [0.717, 1.165) is 39.8 Å². The summed E-state index contributed by atoms with van der Waals surface area (Å²) < 4.78 is 2.17. The van der Waals surface area contributed by atoms with Gasteiger partial charge in [-0.05, 0) is 23.8 Å². The van der Waals surface area contributed by atoms with Crippen LogP contribution in [0.15, 0.2) is 66.9 Å². The Labute approximate surface area is 151 Å². The van der Waals surface area contributed by atoms with E-state index in [1.807, 2.05) is 55.7 Å². The lowest BCUT2D eigenvalue weighted by Crippen LogP contribution is -2.05. The van der Waals surface area contributed by atoms with Gasteiger partial charge in [-0.25, -0.2) is 4.98 Å². The first kappa shape index (κ1) is 15.7. The Hall–Kier alpha value is -2.85. The van der Waals surface area contributed by atoms with Gasteiger partial charge in [0.05, 0.1) is 24.0 Å². The zero-order chi connectivity index (χ0) is 17.2. The van der Waals surface area contributed by atoms with Crippen LogP contribution in [0.1, 0.15) is 5.56 Å². The fourth-order valence-electron chi connectivity index (χ4n) is 2.92. The van der Waals surface area contributed by atoms with E-state index in [2.05, 4.69) is 38.1 Å². The molecule has 0 unspecified atom stereocenters. The number of rotatable bonds is 4. The maximum atomic E-state index is 5.99. The normalized spacial score (nSPS) is 11.0. The zero-order valence-electron chi connectivity index (χ0n) is 13.8. The van der Waals surface area contributed by atoms with Crippen molar-refractivity contribution in [3.05, 3.63) is 77.4 Å². The number of benzene rings is 2. The lowest BCUT2D eigenvalue weighted by Gasteiger charge is -2.09. The maximum absolute atomic E-state index is 5.99. The Morgan fingerprint density at radius 3 is 2.52 bits per heavy atom. The van der Waals surface area contributed by atoms with Crippen LogP contribution in [0.5, 0.6) is 0 Å². The van der Waals surface area contributed by atoms with Gasteiger partial charge in [0, 0.05) is 17.6 Å². The van der Waals surface area contributed by atoms with Gasteiger partial charge in [0.25, 0.3) is 0 Å². The molecule has 2 aromatic heterocycles. The number of pyridine rings is 1. The van der Waals surface area contributed by atoms with E-state index in [-0.39, 0.29) is 0 Å². The van der Waals surface area contributed by atoms with Crippen LogP contribution in [-0.4, -0.2) is 21.6 Å². The van der Waals surface area contributed by atoms with Crippen molar-refractivity contribution < 1.29 is 0 Å². The molecule has 0 aliphatic heterocycles. The largest absolute Gasteiger partial charge is 0.359 e. The molecule has 2 heterocycles. The molecule has 4 rings (SSSR count). The number of imidazole rings is 1. The molecule has 25 heavy (non-hydrogen) atoms. The summed E-state index contributed by atoms with van der Waals surface area (Å²) in [5.41, 5.74) is 5.08. The second-order valence-corrected chi connectivity index (χ2v) is 6.26. The first-order valence-electron chi connectivity index (χ1n) is 8.08. The van der Waals surface area contributed by atoms with Crippen LogP contribution in [0.4, 0.5) is 5.95 Å². The molecule has 5 heteroatoms. The average Bonchev–Trinajstić information content (AvgIpc) is 3.00. The van der Waals surface area contributed by atoms with E-state index in [4.69, 9.17) is 11.6 Å². The van der Waals surface area contributed by atoms with E-state index in [1.54, 1.807) is 0 Å². The predicted molar refractivity (Wildman–Crippen MR) is 103 cm³/mol. The maximum Gasteiger partial charge on any atom is 0.203 e. The highest BCUT2D eigenvalue weighted by molar-refractivity contribution is 6.30. The third-order valence-electron chi connectivity index (χ3n) is 4.18. The van der Waals surface area contributed by atoms with Crippen LogP contribution in [-0.2, 0) is 6.54 Å². The van der Waals surface area contributed by atoms with Gasteiger partial charge >= 0.3 is 0 Å². The molecule has 124 valence electrons. The molecule has 0 aliphatic carbocycles. The highest BCUT2D eigenvalue weighted by Gasteiger charge is 2.12. The molecular weight excluding hydrogens is 332 g/mol. The van der Waals surface area contributed by atoms with E-state index in [1.165, 1.54) is 5.56 Å². The summed E-state index contributed by atoms with van der Waals surface area (Å²) in [6, 6.07) is 20.2. The van der Waals surface area contributed by atoms with Gasteiger partial charge in [0.2, 0.25) is 5.95 Å². The van der Waals surface area contributed by atoms with Gasteiger partial charge < -0.3 is 9.88 Å². The molecule has 0 saturated heterocycles. The van der Waals surface area contributed by atoms with Crippen LogP contribution in [0.3, 0.4) is 0 Å². The molecule has 0 radical (unpaired) electrons. The Balaban J connectivity index is 1.82. The van der Waals surface area contributed by atoms with E-state index < -0.39 is 0 Å². The van der Waals surface area contributed by atoms with Crippen molar-refractivity contribution in [1.29, 1.82) is 0 Å². The Morgan fingerprint density at radius 2 is 1.80 bits per heavy atom. The summed E-state index contributed by atoms with van der Waals surface area (Å²) in [7, 11) is 1.89. The molecule has 4 aromatic rings. The monoisotopic (exact) mass is 348 g/mol. The van der Waals surface area contributed by atoms with Crippen LogP contribution < -0.4 is 5.32 Å². The van der Waals surface area contributed by atoms with Crippen molar-refractivity contribution in [2.24, 2.45) is 0 Å². The van der Waals surface area contributed by atoms with Crippen molar-refractivity contribution in [3.8, 4) is 11.3 Å². The summed E-state index contributed by atoms with van der Waals surface area (Å²) in [4.78, 5) is 9.20. The molecule has 0 saturated carbocycles. The third-order valence-corrected chi connectivity index (χ3v) is 4.43. The minimum atomic E-state index is 0.719. The number of aromatic nitrogens is 3. The van der Waals surface area contributed by atoms with Crippen molar-refractivity contribution in [2.75, 3.05) is 12.4 Å². The molecule has 2 aromatic carbocycles. The summed E-state index contributed by atoms with van der Waals surface area (Å²) >= 11 is 5.99. The summed E-state index contributed by atoms with van der Waals surface area (Å²) in [6.45, 7) is 0.748. The number of hydrogen-bond donors (Lipinski definition) is 1. The Bertz CT molecular complexity index is 1010. The smallest absolute Gasteiger partial charge is 0.203 e. The minimum Gasteiger partial charge on any atom is -0.359 e. The van der Waals surface area contributed by atoms with E-state index in [0.29, 0.717) is 0 Å². The number of halogens is 1. The van der Waals surface area contributed by atoms with Crippen LogP contribution in [0.25, 0.3) is 22.3 Å². The van der Waals surface area contributed by atoms with Crippen LogP contribution >= 0.6 is 11.6 Å². The van der Waals surface area contributed by atoms with Crippen LogP contribution in [0.2, 0.25) is 5.02 Å². The molecule has 0 atom stereocenters. The quantitative estimate of drug-likeness (QED) is 0.573. The van der Waals surface area contributed by atoms with Crippen LogP contribution in [0, 0.1) is 0 Å². The lowest BCUT2D eigenvalue weighted by atomic mass is 10.1. The van der Waals surface area contributed by atoms with Crippen molar-refractivity contribution in [2.45, 2.75) is 6.54 Å². The van der Waals surface area contributed by atoms with Crippen molar-refractivity contribution >= 4 is 28.6 Å². The van der Waals surface area contributed by atoms with Gasteiger partial charge in [-0.1, -0.05) is 54.1 Å². The lowest BCUT2D eigenvalue weighted by molar-refractivity contribution is 0.832. The molecule has 0 aliphatic rings. The molecule has 1 N–H and O–H groups in total. The molecular formula is C20H17ClN4. The standard InChI is InChI=1S/C20H17ClN4/c1-22-20-24-18-12-23-17(15-7-9-16(21)10-8-15)11-19(18)25(20)13-14-5-3-2-4-6-14/h2-12H,13H2,1H3,(H,22,24). The summed E-state index contributed by atoms with van der Waals surface area (Å²) in [5, 5.41) is 3.90. The molecule has 0 amide bonds. The van der Waals surface area contributed by atoms with Crippen molar-refractivity contribution in [1.82, 2.24) is 14.5 Å². The van der Waals surface area contributed by atoms with Gasteiger partial charge in [-0.3, -0.25) is 4.98 Å². The average molecular weight is 349 g/mol. The number of hydrogen-bond acceptors (Lipinski definition) is 3. The van der Waals surface area contributed by atoms with Gasteiger partial charge in [-0.2, -0.15) is 0 Å². The predicted octanol–water partition coefficient (Wildman–Crippen LogP) is 4.84. The van der Waals surface area contributed by atoms with E-state index in [9.17, 15) is 0 Å². The number of nitrogens with one attached hydrogen (secondary N) is 1. The number of fused-ring (bicyclic) bond motifs is 1.